The minimum atomic E-state index is -0.392. The standard InChI is InChI=1S/C24H28N2O3S/c1-3-4-7-12-29-20(27)14-26-15-25-23-22(24(26)28)21(16(2)30-23)19-11-10-17-8-5-6-9-18(17)13-19/h10-11,13,15H,3-9,12,14H2,1-2H3. The van der Waals surface area contributed by atoms with Gasteiger partial charge in [0.05, 0.1) is 18.3 Å². The number of thiophene rings is 1. The smallest absolute Gasteiger partial charge is 0.326 e. The molecule has 5 nitrogen and oxygen atoms in total. The molecule has 2 aromatic heterocycles. The summed E-state index contributed by atoms with van der Waals surface area (Å²) < 4.78 is 6.65. The Labute approximate surface area is 180 Å². The molecule has 0 atom stereocenters. The molecule has 158 valence electrons. The van der Waals surface area contributed by atoms with Gasteiger partial charge in [0.2, 0.25) is 0 Å². The summed E-state index contributed by atoms with van der Waals surface area (Å²) in [6.45, 7) is 4.43. The first-order valence-electron chi connectivity index (χ1n) is 10.8. The van der Waals surface area contributed by atoms with Crippen molar-refractivity contribution in [3.8, 4) is 11.1 Å². The molecule has 0 spiro atoms. The van der Waals surface area contributed by atoms with Gasteiger partial charge in [0.25, 0.3) is 5.56 Å². The summed E-state index contributed by atoms with van der Waals surface area (Å²) in [5.74, 6) is -0.392. The summed E-state index contributed by atoms with van der Waals surface area (Å²) in [6, 6.07) is 6.56. The molecule has 0 aliphatic heterocycles. The van der Waals surface area contributed by atoms with Gasteiger partial charge in [-0.3, -0.25) is 14.2 Å². The van der Waals surface area contributed by atoms with Crippen LogP contribution in [0.2, 0.25) is 0 Å². The van der Waals surface area contributed by atoms with Crippen molar-refractivity contribution in [2.45, 2.75) is 65.3 Å². The van der Waals surface area contributed by atoms with E-state index in [0.717, 1.165) is 52.9 Å². The van der Waals surface area contributed by atoms with E-state index >= 15 is 0 Å². The van der Waals surface area contributed by atoms with Gasteiger partial charge in [-0.25, -0.2) is 4.98 Å². The van der Waals surface area contributed by atoms with Crippen LogP contribution in [0.25, 0.3) is 21.3 Å². The lowest BCUT2D eigenvalue weighted by molar-refractivity contribution is -0.144. The Kier molecular flexibility index (Phi) is 6.32. The number of esters is 1. The number of carbonyl (C=O) groups excluding carboxylic acids is 1. The van der Waals surface area contributed by atoms with Crippen molar-refractivity contribution in [1.29, 1.82) is 0 Å². The number of hydrogen-bond acceptors (Lipinski definition) is 5. The molecule has 0 saturated heterocycles. The van der Waals surface area contributed by atoms with Crippen LogP contribution in [0.5, 0.6) is 0 Å². The molecule has 0 fully saturated rings. The van der Waals surface area contributed by atoms with Gasteiger partial charge in [0, 0.05) is 10.4 Å². The summed E-state index contributed by atoms with van der Waals surface area (Å²) in [6.07, 6.45) is 9.10. The molecule has 6 heteroatoms. The van der Waals surface area contributed by atoms with Crippen molar-refractivity contribution in [3.63, 3.8) is 0 Å². The second-order valence-electron chi connectivity index (χ2n) is 8.01. The van der Waals surface area contributed by atoms with Gasteiger partial charge in [-0.15, -0.1) is 11.3 Å². The Hall–Kier alpha value is -2.47. The monoisotopic (exact) mass is 424 g/mol. The topological polar surface area (TPSA) is 61.2 Å². The van der Waals surface area contributed by atoms with Crippen LogP contribution in [-0.2, 0) is 28.9 Å². The molecule has 1 aliphatic carbocycles. The van der Waals surface area contributed by atoms with Gasteiger partial charge >= 0.3 is 5.97 Å². The van der Waals surface area contributed by atoms with E-state index in [2.05, 4.69) is 30.1 Å². The highest BCUT2D eigenvalue weighted by Gasteiger charge is 2.19. The summed E-state index contributed by atoms with van der Waals surface area (Å²) in [4.78, 5) is 31.7. The highest BCUT2D eigenvalue weighted by Crippen LogP contribution is 2.37. The number of ether oxygens (including phenoxy) is 1. The maximum Gasteiger partial charge on any atom is 0.326 e. The molecule has 4 rings (SSSR count). The van der Waals surface area contributed by atoms with Crippen LogP contribution in [0, 0.1) is 6.92 Å². The number of hydrogen-bond donors (Lipinski definition) is 0. The number of unbranched alkanes of at least 4 members (excludes halogenated alkanes) is 2. The molecule has 0 radical (unpaired) electrons. The van der Waals surface area contributed by atoms with Crippen molar-refractivity contribution in [2.24, 2.45) is 0 Å². The number of rotatable bonds is 7. The highest BCUT2D eigenvalue weighted by molar-refractivity contribution is 7.19. The third-order valence-electron chi connectivity index (χ3n) is 5.80. The minimum Gasteiger partial charge on any atom is -0.464 e. The van der Waals surface area contributed by atoms with E-state index in [1.807, 2.05) is 6.92 Å². The van der Waals surface area contributed by atoms with Crippen molar-refractivity contribution in [3.05, 3.63) is 50.9 Å². The van der Waals surface area contributed by atoms with Crippen LogP contribution >= 0.6 is 11.3 Å². The van der Waals surface area contributed by atoms with Crippen LogP contribution in [0.1, 0.15) is 55.0 Å². The van der Waals surface area contributed by atoms with E-state index < -0.39 is 5.97 Å². The second kappa shape index (κ2) is 9.13. The molecule has 0 N–H and O–H groups in total. The third-order valence-corrected chi connectivity index (χ3v) is 6.82. The molecular weight excluding hydrogens is 396 g/mol. The fraction of sp³-hybridized carbons (Fsp3) is 0.458. The zero-order valence-electron chi connectivity index (χ0n) is 17.7. The molecule has 1 aromatic carbocycles. The van der Waals surface area contributed by atoms with E-state index in [9.17, 15) is 9.59 Å². The SMILES string of the molecule is CCCCCOC(=O)Cn1cnc2sc(C)c(-c3ccc4c(c3)CCCC4)c2c1=O. The Bertz CT molecular complexity index is 1130. The first-order valence-corrected chi connectivity index (χ1v) is 11.7. The Morgan fingerprint density at radius 2 is 2.00 bits per heavy atom. The molecule has 0 unspecified atom stereocenters. The summed E-state index contributed by atoms with van der Waals surface area (Å²) in [5, 5.41) is 0.606. The lowest BCUT2D eigenvalue weighted by Gasteiger charge is -2.16. The average Bonchev–Trinajstić information content (AvgIpc) is 3.09. The maximum atomic E-state index is 13.3. The van der Waals surface area contributed by atoms with Gasteiger partial charge in [-0.2, -0.15) is 0 Å². The molecule has 30 heavy (non-hydrogen) atoms. The quantitative estimate of drug-likeness (QED) is 0.393. The lowest BCUT2D eigenvalue weighted by atomic mass is 9.89. The number of benzene rings is 1. The fourth-order valence-corrected chi connectivity index (χ4v) is 5.21. The van der Waals surface area contributed by atoms with Crippen LogP contribution in [0.15, 0.2) is 29.3 Å². The summed E-state index contributed by atoms with van der Waals surface area (Å²) >= 11 is 1.53. The molecule has 2 heterocycles. The lowest BCUT2D eigenvalue weighted by Crippen LogP contribution is -2.25. The van der Waals surface area contributed by atoms with Gasteiger partial charge in [0.15, 0.2) is 0 Å². The van der Waals surface area contributed by atoms with Crippen molar-refractivity contribution < 1.29 is 9.53 Å². The number of fused-ring (bicyclic) bond motifs is 2. The highest BCUT2D eigenvalue weighted by atomic mass is 32.1. The van der Waals surface area contributed by atoms with E-state index in [-0.39, 0.29) is 12.1 Å². The van der Waals surface area contributed by atoms with Crippen LogP contribution in [-0.4, -0.2) is 22.1 Å². The maximum absolute atomic E-state index is 13.3. The fourth-order valence-electron chi connectivity index (χ4n) is 4.21. The van der Waals surface area contributed by atoms with Crippen LogP contribution < -0.4 is 5.56 Å². The largest absolute Gasteiger partial charge is 0.464 e. The zero-order chi connectivity index (χ0) is 21.1. The van der Waals surface area contributed by atoms with E-state index in [0.29, 0.717) is 12.0 Å². The molecule has 0 bridgehead atoms. The van der Waals surface area contributed by atoms with Gasteiger partial charge in [0.1, 0.15) is 11.4 Å². The van der Waals surface area contributed by atoms with Crippen LogP contribution in [0.4, 0.5) is 0 Å². The Morgan fingerprint density at radius 3 is 2.80 bits per heavy atom. The first-order chi connectivity index (χ1) is 14.6. The summed E-state index contributed by atoms with van der Waals surface area (Å²) in [5.41, 5.74) is 4.65. The van der Waals surface area contributed by atoms with Crippen molar-refractivity contribution in [2.75, 3.05) is 6.61 Å². The minimum absolute atomic E-state index is 0.105. The van der Waals surface area contributed by atoms with Gasteiger partial charge < -0.3 is 4.74 Å². The average molecular weight is 425 g/mol. The predicted octanol–water partition coefficient (Wildman–Crippen LogP) is 5.05. The number of nitrogens with zero attached hydrogens (tertiary/aromatic N) is 2. The van der Waals surface area contributed by atoms with E-state index in [1.54, 1.807) is 0 Å². The molecule has 1 aliphatic rings. The van der Waals surface area contributed by atoms with Gasteiger partial charge in [-0.05, 0) is 55.7 Å². The Balaban J connectivity index is 1.66. The van der Waals surface area contributed by atoms with Crippen LogP contribution in [0.3, 0.4) is 0 Å². The normalized spacial score (nSPS) is 13.4. The molecule has 3 aromatic rings. The molecular formula is C24H28N2O3S. The molecule has 0 amide bonds. The summed E-state index contributed by atoms with van der Waals surface area (Å²) in [7, 11) is 0. The molecule has 0 saturated carbocycles. The number of aromatic nitrogens is 2. The zero-order valence-corrected chi connectivity index (χ0v) is 18.5. The second-order valence-corrected chi connectivity index (χ2v) is 9.21. The van der Waals surface area contributed by atoms with Crippen molar-refractivity contribution >= 4 is 27.5 Å². The first kappa shape index (κ1) is 20.8. The van der Waals surface area contributed by atoms with Crippen molar-refractivity contribution in [1.82, 2.24) is 9.55 Å². The Morgan fingerprint density at radius 1 is 1.20 bits per heavy atom. The number of carbonyl (C=O) groups is 1. The third kappa shape index (κ3) is 4.19. The van der Waals surface area contributed by atoms with E-state index in [1.165, 1.54) is 46.2 Å². The predicted molar refractivity (Wildman–Crippen MR) is 121 cm³/mol. The number of aryl methyl sites for hydroxylation is 3. The van der Waals surface area contributed by atoms with E-state index in [4.69, 9.17) is 4.74 Å². The van der Waals surface area contributed by atoms with Gasteiger partial charge in [-0.1, -0.05) is 38.0 Å².